The lowest BCUT2D eigenvalue weighted by Crippen LogP contribution is -2.31. The number of aromatic nitrogens is 2. The van der Waals surface area contributed by atoms with E-state index in [9.17, 15) is 0 Å². The van der Waals surface area contributed by atoms with Crippen LogP contribution in [-0.2, 0) is 6.54 Å². The zero-order valence-corrected chi connectivity index (χ0v) is 14.2. The summed E-state index contributed by atoms with van der Waals surface area (Å²) in [4.78, 5) is 10.1. The molecule has 2 heterocycles. The van der Waals surface area contributed by atoms with Crippen LogP contribution >= 0.6 is 0 Å². The number of nitrogens with one attached hydrogen (secondary N) is 2. The van der Waals surface area contributed by atoms with Crippen molar-refractivity contribution in [1.29, 1.82) is 0 Å². The van der Waals surface area contributed by atoms with Crippen LogP contribution in [0.1, 0.15) is 18.1 Å². The Bertz CT molecular complexity index is 707. The maximum atomic E-state index is 4.17. The van der Waals surface area contributed by atoms with E-state index in [-0.39, 0.29) is 0 Å². The summed E-state index contributed by atoms with van der Waals surface area (Å²) in [5, 5.41) is 6.41. The van der Waals surface area contributed by atoms with Gasteiger partial charge in [0.2, 0.25) is 0 Å². The summed E-state index contributed by atoms with van der Waals surface area (Å²) in [7, 11) is 1.95. The van der Waals surface area contributed by atoms with Crippen molar-refractivity contribution in [3.05, 3.63) is 91.1 Å². The van der Waals surface area contributed by atoms with Crippen molar-refractivity contribution in [2.75, 3.05) is 7.05 Å². The summed E-state index contributed by atoms with van der Waals surface area (Å²) in [6.45, 7) is 10.7. The maximum absolute atomic E-state index is 4.17. The molecule has 0 saturated heterocycles. The number of hydrogen-bond acceptors (Lipinski definition) is 5. The number of hydrogen-bond donors (Lipinski definition) is 2. The molecule has 0 fully saturated rings. The standard InChI is InChI=1S/C19H23N5/c1-5-19(18-7-6-10-21-14-18)24(4)16(3)23-15(2)22-13-17-8-11-20-12-9-17/h5-12,14,22-23H,2-3,13H2,1,4H3/b19-5-. The molecule has 2 N–H and O–H groups in total. The van der Waals surface area contributed by atoms with Gasteiger partial charge >= 0.3 is 0 Å². The molecule has 0 radical (unpaired) electrons. The molecule has 0 aromatic carbocycles. The molecule has 0 spiro atoms. The van der Waals surface area contributed by atoms with Crippen molar-refractivity contribution in [1.82, 2.24) is 25.5 Å². The smallest absolute Gasteiger partial charge is 0.104 e. The fraction of sp³-hybridized carbons (Fsp3) is 0.158. The summed E-state index contributed by atoms with van der Waals surface area (Å²) in [5.74, 6) is 1.41. The van der Waals surface area contributed by atoms with Gasteiger partial charge in [-0.1, -0.05) is 19.2 Å². The summed E-state index contributed by atoms with van der Waals surface area (Å²) in [6.07, 6.45) is 9.15. The van der Waals surface area contributed by atoms with Crippen molar-refractivity contribution >= 4 is 5.70 Å². The number of nitrogens with zero attached hydrogens (tertiary/aromatic N) is 3. The van der Waals surface area contributed by atoms with Gasteiger partial charge in [-0.05, 0) is 36.8 Å². The second kappa shape index (κ2) is 8.53. The first-order chi connectivity index (χ1) is 11.6. The predicted octanol–water partition coefficient (Wildman–Crippen LogP) is 3.09. The van der Waals surface area contributed by atoms with Gasteiger partial charge in [-0.25, -0.2) is 0 Å². The normalized spacial score (nSPS) is 10.8. The fourth-order valence-corrected chi connectivity index (χ4v) is 2.23. The van der Waals surface area contributed by atoms with Crippen LogP contribution in [-0.4, -0.2) is 21.9 Å². The molecule has 0 aliphatic rings. The molecule has 0 aliphatic carbocycles. The molecule has 0 unspecified atom stereocenters. The maximum Gasteiger partial charge on any atom is 0.104 e. The second-order valence-corrected chi connectivity index (χ2v) is 5.23. The van der Waals surface area contributed by atoms with E-state index in [0.717, 1.165) is 22.6 Å². The zero-order valence-electron chi connectivity index (χ0n) is 14.2. The summed E-state index contributed by atoms with van der Waals surface area (Å²) < 4.78 is 0. The Kier molecular flexibility index (Phi) is 6.14. The molecule has 0 bridgehead atoms. The minimum Gasteiger partial charge on any atom is -0.368 e. The lowest BCUT2D eigenvalue weighted by molar-refractivity contribution is 0.539. The van der Waals surface area contributed by atoms with Gasteiger partial charge in [0, 0.05) is 49.6 Å². The highest BCUT2D eigenvalue weighted by molar-refractivity contribution is 5.64. The van der Waals surface area contributed by atoms with E-state index < -0.39 is 0 Å². The van der Waals surface area contributed by atoms with Gasteiger partial charge in [-0.3, -0.25) is 9.97 Å². The van der Waals surface area contributed by atoms with Crippen LogP contribution in [0, 0.1) is 0 Å². The molecule has 5 nitrogen and oxygen atoms in total. The second-order valence-electron chi connectivity index (χ2n) is 5.23. The molecule has 5 heteroatoms. The molecular formula is C19H23N5. The van der Waals surface area contributed by atoms with Crippen LogP contribution in [0.3, 0.4) is 0 Å². The van der Waals surface area contributed by atoms with E-state index in [4.69, 9.17) is 0 Å². The van der Waals surface area contributed by atoms with Gasteiger partial charge in [0.25, 0.3) is 0 Å². The molecule has 2 aromatic heterocycles. The molecule has 0 amide bonds. The molecule has 124 valence electrons. The first-order valence-corrected chi connectivity index (χ1v) is 7.70. The highest BCUT2D eigenvalue weighted by Crippen LogP contribution is 2.19. The third-order valence-corrected chi connectivity index (χ3v) is 3.55. The largest absolute Gasteiger partial charge is 0.368 e. The Hall–Kier alpha value is -3.08. The monoisotopic (exact) mass is 321 g/mol. The highest BCUT2D eigenvalue weighted by atomic mass is 15.3. The Morgan fingerprint density at radius 3 is 2.54 bits per heavy atom. The van der Waals surface area contributed by atoms with Crippen LogP contribution in [0.5, 0.6) is 0 Å². The summed E-state index contributed by atoms with van der Waals surface area (Å²) in [5.41, 5.74) is 3.18. The van der Waals surface area contributed by atoms with E-state index in [1.807, 2.05) is 55.4 Å². The topological polar surface area (TPSA) is 53.1 Å². The SMILES string of the molecule is C=C(NCc1ccncc1)NC(=C)N(C)/C(=C\C)c1cccnc1. The third kappa shape index (κ3) is 4.71. The first-order valence-electron chi connectivity index (χ1n) is 7.70. The van der Waals surface area contributed by atoms with E-state index in [2.05, 4.69) is 33.8 Å². The zero-order chi connectivity index (χ0) is 17.4. The summed E-state index contributed by atoms with van der Waals surface area (Å²) >= 11 is 0. The Balaban J connectivity index is 1.92. The van der Waals surface area contributed by atoms with Crippen LogP contribution in [0.4, 0.5) is 0 Å². The van der Waals surface area contributed by atoms with Crippen molar-refractivity contribution in [3.8, 4) is 0 Å². The Labute approximate surface area is 143 Å². The van der Waals surface area contributed by atoms with Crippen LogP contribution in [0.2, 0.25) is 0 Å². The van der Waals surface area contributed by atoms with Crippen molar-refractivity contribution in [2.45, 2.75) is 13.5 Å². The lowest BCUT2D eigenvalue weighted by atomic mass is 10.2. The molecular weight excluding hydrogens is 298 g/mol. The van der Waals surface area contributed by atoms with Gasteiger partial charge < -0.3 is 15.5 Å². The average molecular weight is 321 g/mol. The highest BCUT2D eigenvalue weighted by Gasteiger charge is 2.10. The van der Waals surface area contributed by atoms with Crippen LogP contribution in [0.15, 0.2) is 79.9 Å². The molecule has 0 saturated carbocycles. The van der Waals surface area contributed by atoms with Gasteiger partial charge in [0.15, 0.2) is 0 Å². The number of allylic oxidation sites excluding steroid dienone is 1. The van der Waals surface area contributed by atoms with Gasteiger partial charge in [-0.2, -0.15) is 0 Å². The molecule has 2 rings (SSSR count). The quantitative estimate of drug-likeness (QED) is 0.782. The van der Waals surface area contributed by atoms with Crippen LogP contribution < -0.4 is 10.6 Å². The van der Waals surface area contributed by atoms with Gasteiger partial charge in [0.05, 0.1) is 5.82 Å². The van der Waals surface area contributed by atoms with Gasteiger partial charge in [-0.15, -0.1) is 0 Å². The van der Waals surface area contributed by atoms with E-state index in [1.54, 1.807) is 18.6 Å². The minimum atomic E-state index is 0.671. The average Bonchev–Trinajstić information content (AvgIpc) is 2.62. The Morgan fingerprint density at radius 2 is 1.92 bits per heavy atom. The van der Waals surface area contributed by atoms with Crippen LogP contribution in [0.25, 0.3) is 5.70 Å². The fourth-order valence-electron chi connectivity index (χ4n) is 2.23. The first kappa shape index (κ1) is 17.3. The van der Waals surface area contributed by atoms with Crippen molar-refractivity contribution in [2.24, 2.45) is 0 Å². The van der Waals surface area contributed by atoms with Crippen molar-refractivity contribution < 1.29 is 0 Å². The van der Waals surface area contributed by atoms with E-state index in [0.29, 0.717) is 12.4 Å². The molecule has 0 atom stereocenters. The number of rotatable bonds is 8. The third-order valence-electron chi connectivity index (χ3n) is 3.55. The predicted molar refractivity (Wildman–Crippen MR) is 98.1 cm³/mol. The lowest BCUT2D eigenvalue weighted by Gasteiger charge is -2.26. The Morgan fingerprint density at radius 1 is 1.17 bits per heavy atom. The number of pyridine rings is 2. The van der Waals surface area contributed by atoms with E-state index in [1.165, 1.54) is 0 Å². The van der Waals surface area contributed by atoms with E-state index >= 15 is 0 Å². The van der Waals surface area contributed by atoms with Gasteiger partial charge in [0.1, 0.15) is 5.82 Å². The molecule has 24 heavy (non-hydrogen) atoms. The minimum absolute atomic E-state index is 0.671. The molecule has 0 aliphatic heterocycles. The molecule has 2 aromatic rings. The van der Waals surface area contributed by atoms with Crippen molar-refractivity contribution in [3.63, 3.8) is 0 Å². The summed E-state index contributed by atoms with van der Waals surface area (Å²) in [6, 6.07) is 7.85.